The van der Waals surface area contributed by atoms with Gasteiger partial charge in [0, 0.05) is 38.9 Å². The average molecular weight is 495 g/mol. The summed E-state index contributed by atoms with van der Waals surface area (Å²) in [4.78, 5) is 51.2. The van der Waals surface area contributed by atoms with Crippen molar-refractivity contribution in [1.29, 1.82) is 0 Å². The lowest BCUT2D eigenvalue weighted by Crippen LogP contribution is -2.42. The summed E-state index contributed by atoms with van der Waals surface area (Å²) in [6.07, 6.45) is -1.97. The topological polar surface area (TPSA) is 182 Å². The summed E-state index contributed by atoms with van der Waals surface area (Å²) in [6.45, 7) is 2.60. The van der Waals surface area contributed by atoms with E-state index in [4.69, 9.17) is 19.0 Å². The minimum atomic E-state index is -1.24. The van der Waals surface area contributed by atoms with Crippen LogP contribution < -0.4 is 15.4 Å². The van der Waals surface area contributed by atoms with Gasteiger partial charge in [-0.05, 0) is 24.6 Å². The highest BCUT2D eigenvalue weighted by atomic mass is 16.7. The second-order valence-corrected chi connectivity index (χ2v) is 7.53. The molecule has 2 amide bonds. The van der Waals surface area contributed by atoms with E-state index < -0.39 is 42.3 Å². The van der Waals surface area contributed by atoms with Crippen molar-refractivity contribution < 1.29 is 48.4 Å². The number of carboxylic acids is 1. The van der Waals surface area contributed by atoms with E-state index in [0.717, 1.165) is 0 Å². The number of amides is 2. The fourth-order valence-electron chi connectivity index (χ4n) is 3.04. The Labute approximate surface area is 201 Å². The molecule has 13 heteroatoms. The smallest absolute Gasteiger partial charge is 0.333 e. The fourth-order valence-corrected chi connectivity index (χ4v) is 3.04. The number of ether oxygens (including phenoxy) is 3. The van der Waals surface area contributed by atoms with Crippen molar-refractivity contribution >= 4 is 35.7 Å². The Morgan fingerprint density at radius 2 is 2.00 bits per heavy atom. The fraction of sp³-hybridized carbons (Fsp3) is 0.500. The molecule has 1 aliphatic heterocycles. The summed E-state index contributed by atoms with van der Waals surface area (Å²) in [7, 11) is 0. The van der Waals surface area contributed by atoms with Gasteiger partial charge in [0.2, 0.25) is 12.2 Å². The first-order valence-corrected chi connectivity index (χ1v) is 10.8. The minimum absolute atomic E-state index is 0.0303. The third kappa shape index (κ3) is 9.98. The summed E-state index contributed by atoms with van der Waals surface area (Å²) < 4.78 is 16.1. The summed E-state index contributed by atoms with van der Waals surface area (Å²) >= 11 is 0. The molecule has 0 aliphatic carbocycles. The zero-order valence-electron chi connectivity index (χ0n) is 19.4. The quantitative estimate of drug-likeness (QED) is 0.181. The van der Waals surface area contributed by atoms with Gasteiger partial charge in [-0.3, -0.25) is 14.4 Å². The summed E-state index contributed by atoms with van der Waals surface area (Å²) in [5, 5.41) is 27.8. The maximum absolute atomic E-state index is 12.5. The van der Waals surface area contributed by atoms with Crippen molar-refractivity contribution in [3.05, 3.63) is 23.8 Å². The highest BCUT2D eigenvalue weighted by molar-refractivity contribution is 5.92. The first kappa shape index (κ1) is 27.5. The van der Waals surface area contributed by atoms with Gasteiger partial charge >= 0.3 is 11.9 Å². The Morgan fingerprint density at radius 3 is 2.69 bits per heavy atom. The molecule has 1 heterocycles. The number of carbonyl (C=O) groups is 4. The number of oxime groups is 1. The number of hydrogen-bond acceptors (Lipinski definition) is 10. The van der Waals surface area contributed by atoms with Crippen molar-refractivity contribution in [3.8, 4) is 5.75 Å². The largest absolute Gasteiger partial charge is 0.479 e. The van der Waals surface area contributed by atoms with Gasteiger partial charge in [0.25, 0.3) is 5.91 Å². The van der Waals surface area contributed by atoms with E-state index in [-0.39, 0.29) is 50.5 Å². The Hall–Kier alpha value is -3.71. The number of nitrogens with one attached hydrogen (secondary N) is 2. The van der Waals surface area contributed by atoms with Crippen molar-refractivity contribution in [3.63, 3.8) is 0 Å². The third-order valence-corrected chi connectivity index (χ3v) is 4.61. The number of benzene rings is 1. The molecule has 3 unspecified atom stereocenters. The lowest BCUT2D eigenvalue weighted by atomic mass is 10.1. The minimum Gasteiger partial charge on any atom is -0.479 e. The lowest BCUT2D eigenvalue weighted by Gasteiger charge is -2.31. The molecule has 1 aliphatic rings. The molecular formula is C22H29N3O10. The van der Waals surface area contributed by atoms with Crippen LogP contribution in [-0.2, 0) is 40.1 Å². The van der Waals surface area contributed by atoms with E-state index >= 15 is 0 Å². The highest BCUT2D eigenvalue weighted by Gasteiger charge is 2.34. The standard InChI is InChI=1S/C22H29N3O10/c1-3-24-33-12-20(29)23-7-6-19(28)25-16-8-14(11-32-13(2)26)4-5-17(16)34-21-10-15(27)9-18(35-21)22(30)31/h3-5,8,15,18,21,27H,6-7,9-12H2,1-2H3,(H,23,29)(H,25,28)(H,30,31)/b24-3+. The van der Waals surface area contributed by atoms with Crippen LogP contribution >= 0.6 is 0 Å². The molecule has 13 nitrogen and oxygen atoms in total. The normalized spacial score (nSPS) is 19.6. The van der Waals surface area contributed by atoms with Crippen LogP contribution in [0.25, 0.3) is 0 Å². The molecule has 3 atom stereocenters. The van der Waals surface area contributed by atoms with Gasteiger partial charge < -0.3 is 39.9 Å². The average Bonchev–Trinajstić information content (AvgIpc) is 2.79. The molecule has 4 N–H and O–H groups in total. The molecule has 1 fully saturated rings. The summed E-state index contributed by atoms with van der Waals surface area (Å²) in [5.74, 6) is -2.46. The molecule has 0 aromatic heterocycles. The van der Waals surface area contributed by atoms with Crippen molar-refractivity contribution in [2.75, 3.05) is 18.5 Å². The zero-order valence-corrected chi connectivity index (χ0v) is 19.4. The van der Waals surface area contributed by atoms with Gasteiger partial charge in [-0.15, -0.1) is 0 Å². The second-order valence-electron chi connectivity index (χ2n) is 7.53. The molecule has 192 valence electrons. The zero-order chi connectivity index (χ0) is 25.8. The van der Waals surface area contributed by atoms with Crippen LogP contribution in [0.4, 0.5) is 5.69 Å². The number of rotatable bonds is 12. The Morgan fingerprint density at radius 1 is 1.23 bits per heavy atom. The first-order valence-electron chi connectivity index (χ1n) is 10.8. The molecule has 0 saturated carbocycles. The number of esters is 1. The van der Waals surface area contributed by atoms with E-state index in [1.165, 1.54) is 25.3 Å². The number of aliphatic hydroxyl groups excluding tert-OH is 1. The molecule has 2 rings (SSSR count). The van der Waals surface area contributed by atoms with Crippen LogP contribution in [0, 0.1) is 0 Å². The van der Waals surface area contributed by atoms with Crippen LogP contribution in [0.15, 0.2) is 23.4 Å². The van der Waals surface area contributed by atoms with Crippen LogP contribution in [-0.4, -0.2) is 71.8 Å². The molecule has 35 heavy (non-hydrogen) atoms. The molecule has 0 spiro atoms. The molecule has 1 saturated heterocycles. The number of nitrogens with zero attached hydrogens (tertiary/aromatic N) is 1. The first-order chi connectivity index (χ1) is 16.7. The van der Waals surface area contributed by atoms with Crippen molar-refractivity contribution in [2.45, 2.75) is 58.2 Å². The predicted octanol–water partition coefficient (Wildman–Crippen LogP) is 0.546. The van der Waals surface area contributed by atoms with E-state index in [0.29, 0.717) is 5.56 Å². The number of carboxylic acid groups (broad SMARTS) is 1. The molecule has 1 aromatic rings. The lowest BCUT2D eigenvalue weighted by molar-refractivity contribution is -0.195. The molecule has 0 bridgehead atoms. The Balaban J connectivity index is 2.05. The Bertz CT molecular complexity index is 936. The predicted molar refractivity (Wildman–Crippen MR) is 120 cm³/mol. The highest BCUT2D eigenvalue weighted by Crippen LogP contribution is 2.30. The van der Waals surface area contributed by atoms with Crippen LogP contribution in [0.3, 0.4) is 0 Å². The maximum atomic E-state index is 12.5. The second kappa shape index (κ2) is 13.9. The molecular weight excluding hydrogens is 466 g/mol. The van der Waals surface area contributed by atoms with Gasteiger partial charge in [-0.1, -0.05) is 11.2 Å². The summed E-state index contributed by atoms with van der Waals surface area (Å²) in [6, 6.07) is 4.63. The number of aliphatic carboxylic acids is 1. The van der Waals surface area contributed by atoms with E-state index in [9.17, 15) is 29.4 Å². The van der Waals surface area contributed by atoms with Crippen LogP contribution in [0.5, 0.6) is 5.75 Å². The van der Waals surface area contributed by atoms with Crippen molar-refractivity contribution in [2.24, 2.45) is 5.16 Å². The van der Waals surface area contributed by atoms with E-state index in [2.05, 4.69) is 15.8 Å². The number of carbonyl (C=O) groups excluding carboxylic acids is 3. The van der Waals surface area contributed by atoms with Gasteiger partial charge in [0.15, 0.2) is 12.7 Å². The van der Waals surface area contributed by atoms with Crippen LogP contribution in [0.1, 0.15) is 38.7 Å². The Kier molecular flexibility index (Phi) is 10.9. The van der Waals surface area contributed by atoms with E-state index in [1.807, 2.05) is 0 Å². The number of anilines is 1. The van der Waals surface area contributed by atoms with Gasteiger partial charge in [-0.2, -0.15) is 0 Å². The number of aliphatic hydroxyl groups is 1. The molecule has 1 aromatic carbocycles. The van der Waals surface area contributed by atoms with Gasteiger partial charge in [0.05, 0.1) is 11.8 Å². The van der Waals surface area contributed by atoms with E-state index in [1.54, 1.807) is 13.0 Å². The molecule has 0 radical (unpaired) electrons. The third-order valence-electron chi connectivity index (χ3n) is 4.61. The van der Waals surface area contributed by atoms with Crippen LogP contribution in [0.2, 0.25) is 0 Å². The maximum Gasteiger partial charge on any atom is 0.333 e. The van der Waals surface area contributed by atoms with Gasteiger partial charge in [-0.25, -0.2) is 4.79 Å². The monoisotopic (exact) mass is 495 g/mol. The SMILES string of the molecule is C/C=N/OCC(=O)NCCC(=O)Nc1cc(COC(C)=O)ccc1OC1CC(O)CC(C(=O)O)O1. The van der Waals surface area contributed by atoms with Crippen molar-refractivity contribution in [1.82, 2.24) is 5.32 Å². The summed E-state index contributed by atoms with van der Waals surface area (Å²) in [5.41, 5.74) is 0.764. The van der Waals surface area contributed by atoms with Gasteiger partial charge in [0.1, 0.15) is 12.4 Å². The number of hydrogen-bond donors (Lipinski definition) is 4.